The van der Waals surface area contributed by atoms with E-state index in [1.54, 1.807) is 18.3 Å². The summed E-state index contributed by atoms with van der Waals surface area (Å²) in [4.78, 5) is 24.1. The lowest BCUT2D eigenvalue weighted by Gasteiger charge is -2.10. The SMILES string of the molecule is O=C(CC(=O)C1CC1)c1ccc(Cl)c(Cc2ccn[nH]2)c1Cl. The maximum Gasteiger partial charge on any atom is 0.171 e. The van der Waals surface area contributed by atoms with Gasteiger partial charge in [-0.3, -0.25) is 14.7 Å². The number of hydrogen-bond donors (Lipinski definition) is 1. The third-order valence-electron chi connectivity index (χ3n) is 3.78. The highest BCUT2D eigenvalue weighted by Gasteiger charge is 2.31. The van der Waals surface area contributed by atoms with Gasteiger partial charge in [-0.2, -0.15) is 5.10 Å². The Bertz CT molecular complexity index is 722. The lowest BCUT2D eigenvalue weighted by Crippen LogP contribution is -2.11. The van der Waals surface area contributed by atoms with E-state index in [4.69, 9.17) is 23.2 Å². The minimum atomic E-state index is -0.246. The highest BCUT2D eigenvalue weighted by atomic mass is 35.5. The molecule has 1 fully saturated rings. The number of halogens is 2. The Morgan fingerprint density at radius 2 is 2.00 bits per heavy atom. The standard InChI is InChI=1S/C16H14Cl2N2O2/c17-13-4-3-11(15(22)8-14(21)9-1-2-9)16(18)12(13)7-10-5-6-19-20-10/h3-6,9H,1-2,7-8H2,(H,19,20). The van der Waals surface area contributed by atoms with Crippen molar-refractivity contribution in [3.8, 4) is 0 Å². The Morgan fingerprint density at radius 1 is 1.23 bits per heavy atom. The Balaban J connectivity index is 1.85. The quantitative estimate of drug-likeness (QED) is 0.643. The van der Waals surface area contributed by atoms with E-state index in [1.807, 2.05) is 6.07 Å². The third-order valence-corrected chi connectivity index (χ3v) is 4.57. The molecular weight excluding hydrogens is 323 g/mol. The summed E-state index contributed by atoms with van der Waals surface area (Å²) in [6, 6.07) is 5.05. The van der Waals surface area contributed by atoms with Crippen LogP contribution in [0.1, 0.15) is 40.9 Å². The molecule has 0 saturated heterocycles. The van der Waals surface area contributed by atoms with Crippen molar-refractivity contribution in [1.82, 2.24) is 10.2 Å². The van der Waals surface area contributed by atoms with Crippen molar-refractivity contribution in [2.75, 3.05) is 0 Å². The second-order valence-electron chi connectivity index (χ2n) is 5.49. The number of hydrogen-bond acceptors (Lipinski definition) is 3. The lowest BCUT2D eigenvalue weighted by atomic mass is 10.00. The number of Topliss-reactive ketones (excluding diaryl/α,β-unsaturated/α-hetero) is 2. The maximum atomic E-state index is 12.3. The van der Waals surface area contributed by atoms with E-state index in [0.717, 1.165) is 18.5 Å². The van der Waals surface area contributed by atoms with Crippen molar-refractivity contribution in [3.05, 3.63) is 51.3 Å². The van der Waals surface area contributed by atoms with Crippen LogP contribution in [0, 0.1) is 5.92 Å². The summed E-state index contributed by atoms with van der Waals surface area (Å²) in [6.07, 6.45) is 3.79. The third kappa shape index (κ3) is 3.23. The van der Waals surface area contributed by atoms with Crippen LogP contribution >= 0.6 is 23.2 Å². The van der Waals surface area contributed by atoms with Gasteiger partial charge in [0.25, 0.3) is 0 Å². The molecule has 1 aromatic carbocycles. The molecule has 0 atom stereocenters. The van der Waals surface area contributed by atoms with Gasteiger partial charge in [0.15, 0.2) is 5.78 Å². The number of aromatic amines is 1. The molecule has 0 aliphatic heterocycles. The number of nitrogens with zero attached hydrogens (tertiary/aromatic N) is 1. The summed E-state index contributed by atoms with van der Waals surface area (Å²) in [6.45, 7) is 0. The minimum absolute atomic E-state index is 0.00568. The van der Waals surface area contributed by atoms with Gasteiger partial charge < -0.3 is 0 Å². The first kappa shape index (κ1) is 15.3. The van der Waals surface area contributed by atoms with Crippen molar-refractivity contribution >= 4 is 34.8 Å². The van der Waals surface area contributed by atoms with Crippen molar-refractivity contribution in [2.24, 2.45) is 5.92 Å². The summed E-state index contributed by atoms with van der Waals surface area (Å²) < 4.78 is 0. The Morgan fingerprint density at radius 3 is 2.64 bits per heavy atom. The summed E-state index contributed by atoms with van der Waals surface area (Å²) in [7, 11) is 0. The average molecular weight is 337 g/mol. The molecule has 1 aliphatic carbocycles. The zero-order chi connectivity index (χ0) is 15.7. The second-order valence-corrected chi connectivity index (χ2v) is 6.27. The van der Waals surface area contributed by atoms with Crippen LogP contribution in [0.3, 0.4) is 0 Å². The number of nitrogens with one attached hydrogen (secondary N) is 1. The number of aromatic nitrogens is 2. The van der Waals surface area contributed by atoms with Gasteiger partial charge in [-0.1, -0.05) is 23.2 Å². The first-order chi connectivity index (χ1) is 10.6. The molecular formula is C16H14Cl2N2O2. The summed E-state index contributed by atoms with van der Waals surface area (Å²) in [5.74, 6) is -0.171. The fourth-order valence-corrected chi connectivity index (χ4v) is 2.96. The van der Waals surface area contributed by atoms with E-state index in [1.165, 1.54) is 0 Å². The monoisotopic (exact) mass is 336 g/mol. The van der Waals surface area contributed by atoms with E-state index in [0.29, 0.717) is 27.6 Å². The molecule has 114 valence electrons. The molecule has 0 spiro atoms. The van der Waals surface area contributed by atoms with Crippen LogP contribution < -0.4 is 0 Å². The fourth-order valence-electron chi connectivity index (χ4n) is 2.35. The van der Waals surface area contributed by atoms with E-state index in [2.05, 4.69) is 10.2 Å². The molecule has 22 heavy (non-hydrogen) atoms. The van der Waals surface area contributed by atoms with E-state index >= 15 is 0 Å². The molecule has 0 unspecified atom stereocenters. The van der Waals surface area contributed by atoms with Crippen LogP contribution in [0.2, 0.25) is 10.0 Å². The van der Waals surface area contributed by atoms with Crippen molar-refractivity contribution < 1.29 is 9.59 Å². The molecule has 0 bridgehead atoms. The zero-order valence-electron chi connectivity index (χ0n) is 11.7. The van der Waals surface area contributed by atoms with Crippen molar-refractivity contribution in [3.63, 3.8) is 0 Å². The van der Waals surface area contributed by atoms with E-state index in [9.17, 15) is 9.59 Å². The van der Waals surface area contributed by atoms with Gasteiger partial charge in [0.05, 0.1) is 11.4 Å². The Kier molecular flexibility index (Phi) is 4.32. The first-order valence-electron chi connectivity index (χ1n) is 7.07. The smallest absolute Gasteiger partial charge is 0.171 e. The first-order valence-corrected chi connectivity index (χ1v) is 7.83. The van der Waals surface area contributed by atoms with Gasteiger partial charge in [-0.15, -0.1) is 0 Å². The minimum Gasteiger partial charge on any atom is -0.299 e. The summed E-state index contributed by atoms with van der Waals surface area (Å²) >= 11 is 12.5. The topological polar surface area (TPSA) is 62.8 Å². The van der Waals surface area contributed by atoms with Crippen LogP contribution in [0.15, 0.2) is 24.4 Å². The normalized spacial score (nSPS) is 14.1. The molecule has 1 heterocycles. The highest BCUT2D eigenvalue weighted by Crippen LogP contribution is 2.33. The number of carbonyl (C=O) groups excluding carboxylic acids is 2. The van der Waals surface area contributed by atoms with Crippen LogP contribution in [-0.4, -0.2) is 21.8 Å². The highest BCUT2D eigenvalue weighted by molar-refractivity contribution is 6.38. The number of ketones is 2. The molecule has 1 N–H and O–H groups in total. The molecule has 1 saturated carbocycles. The van der Waals surface area contributed by atoms with Gasteiger partial charge in [0.1, 0.15) is 5.78 Å². The molecule has 2 aromatic rings. The molecule has 0 amide bonds. The predicted octanol–water partition coefficient (Wildman–Crippen LogP) is 3.86. The van der Waals surface area contributed by atoms with Crippen LogP contribution in [0.25, 0.3) is 0 Å². The fraction of sp³-hybridized carbons (Fsp3) is 0.312. The number of carbonyl (C=O) groups is 2. The van der Waals surface area contributed by atoms with Gasteiger partial charge in [-0.25, -0.2) is 0 Å². The van der Waals surface area contributed by atoms with E-state index < -0.39 is 0 Å². The van der Waals surface area contributed by atoms with Gasteiger partial charge in [0, 0.05) is 34.8 Å². The lowest BCUT2D eigenvalue weighted by molar-refractivity contribution is -0.119. The van der Waals surface area contributed by atoms with E-state index in [-0.39, 0.29) is 23.9 Å². The van der Waals surface area contributed by atoms with Gasteiger partial charge >= 0.3 is 0 Å². The average Bonchev–Trinajstić information content (AvgIpc) is 3.21. The van der Waals surface area contributed by atoms with Crippen LogP contribution in [0.4, 0.5) is 0 Å². The van der Waals surface area contributed by atoms with Crippen LogP contribution in [0.5, 0.6) is 0 Å². The summed E-state index contributed by atoms with van der Waals surface area (Å²) in [5, 5.41) is 7.52. The number of H-pyrrole nitrogens is 1. The second kappa shape index (κ2) is 6.23. The molecule has 0 radical (unpaired) electrons. The van der Waals surface area contributed by atoms with Crippen LogP contribution in [-0.2, 0) is 11.2 Å². The molecule has 6 heteroatoms. The Labute approximate surface area is 137 Å². The maximum absolute atomic E-state index is 12.3. The van der Waals surface area contributed by atoms with Gasteiger partial charge in [-0.05, 0) is 36.6 Å². The summed E-state index contributed by atoms with van der Waals surface area (Å²) in [5.41, 5.74) is 1.87. The Hall–Kier alpha value is -1.65. The number of benzene rings is 1. The molecule has 1 aromatic heterocycles. The molecule has 4 nitrogen and oxygen atoms in total. The van der Waals surface area contributed by atoms with Gasteiger partial charge in [0.2, 0.25) is 0 Å². The molecule has 3 rings (SSSR count). The largest absolute Gasteiger partial charge is 0.299 e. The zero-order valence-corrected chi connectivity index (χ0v) is 13.2. The van der Waals surface area contributed by atoms with Crippen molar-refractivity contribution in [1.29, 1.82) is 0 Å². The van der Waals surface area contributed by atoms with Crippen molar-refractivity contribution in [2.45, 2.75) is 25.7 Å². The predicted molar refractivity (Wildman–Crippen MR) is 84.5 cm³/mol. The molecule has 1 aliphatic rings. The number of rotatable bonds is 6.